The Labute approximate surface area is 184 Å². The van der Waals surface area contributed by atoms with Crippen LogP contribution in [0.25, 0.3) is 0 Å². The second kappa shape index (κ2) is 9.02. The molecule has 1 amide bonds. The van der Waals surface area contributed by atoms with E-state index in [0.717, 1.165) is 12.1 Å². The summed E-state index contributed by atoms with van der Waals surface area (Å²) in [6.45, 7) is 1.23. The Morgan fingerprint density at radius 1 is 1.06 bits per heavy atom. The number of amides is 1. The lowest BCUT2D eigenvalue weighted by atomic mass is 10.1. The molecule has 0 spiro atoms. The molecule has 31 heavy (non-hydrogen) atoms. The second-order valence-corrected chi connectivity index (χ2v) is 7.08. The highest BCUT2D eigenvalue weighted by atomic mass is 35.5. The fraction of sp³-hybridized carbons (Fsp3) is 0.105. The summed E-state index contributed by atoms with van der Waals surface area (Å²) in [6.07, 6.45) is 0. The number of rotatable bonds is 7. The molecule has 3 aromatic rings. The number of hydrogen-bond acceptors (Lipinski definition) is 7. The Morgan fingerprint density at radius 2 is 1.71 bits per heavy atom. The number of anilines is 1. The Bertz CT molecular complexity index is 1160. The quantitative estimate of drug-likeness (QED) is 0.356. The maximum atomic E-state index is 12.4. The number of hydrogen-bond donors (Lipinski definition) is 1. The molecule has 0 saturated heterocycles. The van der Waals surface area contributed by atoms with Gasteiger partial charge < -0.3 is 14.5 Å². The number of nitro groups is 2. The third kappa shape index (κ3) is 5.11. The van der Waals surface area contributed by atoms with E-state index < -0.39 is 27.1 Å². The Kier molecular flexibility index (Phi) is 6.42. The van der Waals surface area contributed by atoms with Crippen molar-refractivity contribution in [2.75, 3.05) is 5.32 Å². The number of nitrogens with zero attached hydrogens (tertiary/aromatic N) is 2. The first-order valence-corrected chi connectivity index (χ1v) is 9.32. The molecule has 0 atom stereocenters. The van der Waals surface area contributed by atoms with Crippen LogP contribution in [0.2, 0.25) is 10.0 Å². The van der Waals surface area contributed by atoms with E-state index in [-0.39, 0.29) is 23.6 Å². The standard InChI is InChI=1S/C19H13Cl2N3O7/c1-10-15(23(26)27)7-12(8-16(10)24(28)29)22-19(25)18-5-3-13(31-18)9-30-17-4-2-11(20)6-14(17)21/h2-8H,9H2,1H3,(H,22,25). The number of nitro benzene ring substituents is 2. The van der Waals surface area contributed by atoms with Crippen molar-refractivity contribution in [1.29, 1.82) is 0 Å². The van der Waals surface area contributed by atoms with Crippen molar-refractivity contribution in [2.45, 2.75) is 13.5 Å². The number of carbonyl (C=O) groups excluding carboxylic acids is 1. The average Bonchev–Trinajstić information content (AvgIpc) is 3.17. The molecule has 0 aliphatic carbocycles. The molecule has 0 aliphatic heterocycles. The zero-order valence-electron chi connectivity index (χ0n) is 15.8. The van der Waals surface area contributed by atoms with Gasteiger partial charge in [0, 0.05) is 17.2 Å². The van der Waals surface area contributed by atoms with Crippen molar-refractivity contribution in [3.63, 3.8) is 0 Å². The predicted octanol–water partition coefficient (Wildman–Crippen LogP) is 5.54. The molecule has 0 unspecified atom stereocenters. The van der Waals surface area contributed by atoms with E-state index in [1.54, 1.807) is 12.1 Å². The number of furan rings is 1. The molecule has 160 valence electrons. The van der Waals surface area contributed by atoms with Crippen LogP contribution < -0.4 is 10.1 Å². The van der Waals surface area contributed by atoms with Crippen LogP contribution in [0.4, 0.5) is 17.1 Å². The van der Waals surface area contributed by atoms with Gasteiger partial charge in [0.2, 0.25) is 0 Å². The Morgan fingerprint density at radius 3 is 2.29 bits per heavy atom. The van der Waals surface area contributed by atoms with Crippen LogP contribution in [-0.4, -0.2) is 15.8 Å². The fourth-order valence-electron chi connectivity index (χ4n) is 2.65. The van der Waals surface area contributed by atoms with Gasteiger partial charge in [-0.15, -0.1) is 0 Å². The summed E-state index contributed by atoms with van der Waals surface area (Å²) in [7, 11) is 0. The molecule has 0 bridgehead atoms. The zero-order valence-corrected chi connectivity index (χ0v) is 17.3. The van der Waals surface area contributed by atoms with Crippen molar-refractivity contribution >= 4 is 46.2 Å². The van der Waals surface area contributed by atoms with Gasteiger partial charge in [-0.05, 0) is 37.3 Å². The highest BCUT2D eigenvalue weighted by Crippen LogP contribution is 2.32. The molecule has 1 heterocycles. The summed E-state index contributed by atoms with van der Waals surface area (Å²) < 4.78 is 10.9. The average molecular weight is 466 g/mol. The van der Waals surface area contributed by atoms with Crippen molar-refractivity contribution in [3.8, 4) is 5.75 Å². The van der Waals surface area contributed by atoms with E-state index in [4.69, 9.17) is 32.4 Å². The predicted molar refractivity (Wildman–Crippen MR) is 112 cm³/mol. The van der Waals surface area contributed by atoms with Gasteiger partial charge in [-0.25, -0.2) is 0 Å². The first-order chi connectivity index (χ1) is 14.7. The van der Waals surface area contributed by atoms with Crippen molar-refractivity contribution in [1.82, 2.24) is 0 Å². The highest BCUT2D eigenvalue weighted by Gasteiger charge is 2.24. The molecular weight excluding hydrogens is 453 g/mol. The van der Waals surface area contributed by atoms with Gasteiger partial charge in [-0.1, -0.05) is 23.2 Å². The second-order valence-electron chi connectivity index (χ2n) is 6.24. The highest BCUT2D eigenvalue weighted by molar-refractivity contribution is 6.35. The fourth-order valence-corrected chi connectivity index (χ4v) is 3.11. The Hall–Kier alpha value is -3.63. The summed E-state index contributed by atoms with van der Waals surface area (Å²) in [4.78, 5) is 33.2. The van der Waals surface area contributed by atoms with Crippen LogP contribution in [0.3, 0.4) is 0 Å². The van der Waals surface area contributed by atoms with Crippen LogP contribution >= 0.6 is 23.2 Å². The normalized spacial score (nSPS) is 10.5. The van der Waals surface area contributed by atoms with Gasteiger partial charge in [-0.2, -0.15) is 0 Å². The topological polar surface area (TPSA) is 138 Å². The van der Waals surface area contributed by atoms with Gasteiger partial charge in [0.1, 0.15) is 23.7 Å². The number of nitrogens with one attached hydrogen (secondary N) is 1. The molecule has 1 N–H and O–H groups in total. The summed E-state index contributed by atoms with van der Waals surface area (Å²) in [5, 5.41) is 25.4. The van der Waals surface area contributed by atoms with E-state index in [1.807, 2.05) is 0 Å². The molecule has 0 saturated carbocycles. The molecule has 10 nitrogen and oxygen atoms in total. The zero-order chi connectivity index (χ0) is 22.7. The minimum Gasteiger partial charge on any atom is -0.484 e. The summed E-state index contributed by atoms with van der Waals surface area (Å²) in [6, 6.07) is 9.64. The smallest absolute Gasteiger partial charge is 0.291 e. The molecule has 2 aromatic carbocycles. The van der Waals surface area contributed by atoms with E-state index >= 15 is 0 Å². The lowest BCUT2D eigenvalue weighted by Crippen LogP contribution is -2.12. The van der Waals surface area contributed by atoms with E-state index in [2.05, 4.69) is 5.32 Å². The van der Waals surface area contributed by atoms with Gasteiger partial charge >= 0.3 is 0 Å². The summed E-state index contributed by atoms with van der Waals surface area (Å²) >= 11 is 11.8. The van der Waals surface area contributed by atoms with Gasteiger partial charge in [0.05, 0.1) is 20.6 Å². The maximum absolute atomic E-state index is 12.4. The minimum absolute atomic E-state index is 0.0316. The first-order valence-electron chi connectivity index (χ1n) is 8.57. The number of halogens is 2. The molecule has 0 radical (unpaired) electrons. The molecule has 3 rings (SSSR count). The summed E-state index contributed by atoms with van der Waals surface area (Å²) in [5.74, 6) is -0.195. The minimum atomic E-state index is -0.762. The number of ether oxygens (including phenoxy) is 1. The van der Waals surface area contributed by atoms with E-state index in [1.165, 1.54) is 25.1 Å². The number of carbonyl (C=O) groups is 1. The van der Waals surface area contributed by atoms with Crippen LogP contribution in [0, 0.1) is 27.2 Å². The lowest BCUT2D eigenvalue weighted by molar-refractivity contribution is -0.395. The van der Waals surface area contributed by atoms with Gasteiger partial charge in [-0.3, -0.25) is 25.0 Å². The Balaban J connectivity index is 1.74. The van der Waals surface area contributed by atoms with Gasteiger partial charge in [0.25, 0.3) is 17.3 Å². The van der Waals surface area contributed by atoms with E-state index in [9.17, 15) is 25.0 Å². The van der Waals surface area contributed by atoms with E-state index in [0.29, 0.717) is 21.6 Å². The molecule has 12 heteroatoms. The number of benzene rings is 2. The first kappa shape index (κ1) is 22.1. The van der Waals surface area contributed by atoms with Crippen LogP contribution in [0.1, 0.15) is 21.9 Å². The van der Waals surface area contributed by atoms with Crippen LogP contribution in [0.5, 0.6) is 5.75 Å². The molecule has 1 aromatic heterocycles. The molecular formula is C19H13Cl2N3O7. The van der Waals surface area contributed by atoms with Crippen LogP contribution in [-0.2, 0) is 6.61 Å². The van der Waals surface area contributed by atoms with Crippen molar-refractivity contribution in [2.24, 2.45) is 0 Å². The molecule has 0 fully saturated rings. The third-order valence-electron chi connectivity index (χ3n) is 4.15. The molecule has 0 aliphatic rings. The largest absolute Gasteiger partial charge is 0.484 e. The van der Waals surface area contributed by atoms with Crippen molar-refractivity contribution < 1.29 is 23.8 Å². The lowest BCUT2D eigenvalue weighted by Gasteiger charge is -2.07. The third-order valence-corrected chi connectivity index (χ3v) is 4.68. The summed E-state index contributed by atoms with van der Waals surface area (Å²) in [5.41, 5.74) is -1.21. The SMILES string of the molecule is Cc1c([N+](=O)[O-])cc(NC(=O)c2ccc(COc3ccc(Cl)cc3Cl)o2)cc1[N+](=O)[O-]. The van der Waals surface area contributed by atoms with Crippen molar-refractivity contribution in [3.05, 3.63) is 89.8 Å². The monoisotopic (exact) mass is 465 g/mol. The van der Waals surface area contributed by atoms with Gasteiger partial charge in [0.15, 0.2) is 5.76 Å². The maximum Gasteiger partial charge on any atom is 0.291 e. The van der Waals surface area contributed by atoms with Crippen LogP contribution in [0.15, 0.2) is 46.9 Å².